The van der Waals surface area contributed by atoms with Crippen molar-refractivity contribution in [1.29, 1.82) is 0 Å². The van der Waals surface area contributed by atoms with Gasteiger partial charge in [0.25, 0.3) is 0 Å². The SMILES string of the molecule is CC(C)(C)NCc1ncoc1CC1CCCCCC1. The third kappa shape index (κ3) is 4.98. The zero-order chi connectivity index (χ0) is 13.7. The van der Waals surface area contributed by atoms with Crippen LogP contribution in [0.25, 0.3) is 0 Å². The van der Waals surface area contributed by atoms with Gasteiger partial charge in [-0.25, -0.2) is 4.98 Å². The molecule has 1 N–H and O–H groups in total. The van der Waals surface area contributed by atoms with Gasteiger partial charge < -0.3 is 9.73 Å². The van der Waals surface area contributed by atoms with Gasteiger partial charge in [-0.05, 0) is 26.7 Å². The summed E-state index contributed by atoms with van der Waals surface area (Å²) in [6.07, 6.45) is 11.0. The first kappa shape index (κ1) is 14.6. The summed E-state index contributed by atoms with van der Waals surface area (Å²) in [5.74, 6) is 1.90. The molecule has 3 nitrogen and oxygen atoms in total. The highest BCUT2D eigenvalue weighted by Crippen LogP contribution is 2.27. The fraction of sp³-hybridized carbons (Fsp3) is 0.812. The minimum Gasteiger partial charge on any atom is -0.448 e. The van der Waals surface area contributed by atoms with Crippen molar-refractivity contribution in [2.75, 3.05) is 0 Å². The smallest absolute Gasteiger partial charge is 0.181 e. The molecule has 1 aliphatic rings. The molecule has 0 bridgehead atoms. The standard InChI is InChI=1S/C16H28N2O/c1-16(2,3)18-11-14-15(19-12-17-14)10-13-8-6-4-5-7-9-13/h12-13,18H,4-11H2,1-3H3. The maximum absolute atomic E-state index is 5.62. The summed E-state index contributed by atoms with van der Waals surface area (Å²) in [5.41, 5.74) is 1.22. The van der Waals surface area contributed by atoms with E-state index in [4.69, 9.17) is 4.42 Å². The molecule has 0 spiro atoms. The van der Waals surface area contributed by atoms with E-state index in [-0.39, 0.29) is 5.54 Å². The summed E-state index contributed by atoms with van der Waals surface area (Å²) in [7, 11) is 0. The molecule has 0 atom stereocenters. The van der Waals surface area contributed by atoms with Crippen LogP contribution in [-0.4, -0.2) is 10.5 Å². The topological polar surface area (TPSA) is 38.1 Å². The molecule has 1 aliphatic carbocycles. The first-order valence-electron chi connectivity index (χ1n) is 7.71. The van der Waals surface area contributed by atoms with Crippen LogP contribution in [0.5, 0.6) is 0 Å². The van der Waals surface area contributed by atoms with E-state index >= 15 is 0 Å². The minimum atomic E-state index is 0.124. The largest absolute Gasteiger partial charge is 0.448 e. The van der Waals surface area contributed by atoms with Gasteiger partial charge in [-0.3, -0.25) is 0 Å². The minimum absolute atomic E-state index is 0.124. The predicted molar refractivity (Wildman–Crippen MR) is 78.0 cm³/mol. The molecule has 0 aromatic carbocycles. The third-order valence-corrected chi connectivity index (χ3v) is 3.96. The molecule has 2 rings (SSSR count). The number of rotatable bonds is 4. The van der Waals surface area contributed by atoms with E-state index in [2.05, 4.69) is 31.1 Å². The van der Waals surface area contributed by atoms with Gasteiger partial charge in [0.15, 0.2) is 6.39 Å². The Balaban J connectivity index is 1.91. The van der Waals surface area contributed by atoms with Crippen LogP contribution in [-0.2, 0) is 13.0 Å². The van der Waals surface area contributed by atoms with E-state index in [0.717, 1.165) is 30.3 Å². The molecule has 0 aliphatic heterocycles. The zero-order valence-electron chi connectivity index (χ0n) is 12.7. The second kappa shape index (κ2) is 6.56. The fourth-order valence-corrected chi connectivity index (χ4v) is 2.78. The number of hydrogen-bond acceptors (Lipinski definition) is 3. The lowest BCUT2D eigenvalue weighted by Gasteiger charge is -2.20. The predicted octanol–water partition coefficient (Wildman–Crippen LogP) is 4.08. The number of nitrogens with one attached hydrogen (secondary N) is 1. The van der Waals surface area contributed by atoms with Crippen LogP contribution in [0, 0.1) is 5.92 Å². The quantitative estimate of drug-likeness (QED) is 0.833. The molecule has 1 heterocycles. The lowest BCUT2D eigenvalue weighted by molar-refractivity contribution is 0.390. The molecule has 0 unspecified atom stereocenters. The third-order valence-electron chi connectivity index (χ3n) is 3.96. The monoisotopic (exact) mass is 264 g/mol. The Morgan fingerprint density at radius 2 is 1.89 bits per heavy atom. The second-order valence-corrected chi connectivity index (χ2v) is 6.89. The highest BCUT2D eigenvalue weighted by atomic mass is 16.3. The van der Waals surface area contributed by atoms with E-state index in [0.29, 0.717) is 0 Å². The molecule has 1 fully saturated rings. The van der Waals surface area contributed by atoms with Gasteiger partial charge in [-0.1, -0.05) is 38.5 Å². The van der Waals surface area contributed by atoms with Gasteiger partial charge in [0.05, 0.1) is 5.69 Å². The highest BCUT2D eigenvalue weighted by Gasteiger charge is 2.18. The summed E-state index contributed by atoms with van der Waals surface area (Å²) in [6.45, 7) is 7.34. The molecular formula is C16H28N2O. The molecule has 1 aromatic heterocycles. The Morgan fingerprint density at radius 3 is 2.53 bits per heavy atom. The lowest BCUT2D eigenvalue weighted by atomic mass is 9.94. The molecule has 0 amide bonds. The van der Waals surface area contributed by atoms with Gasteiger partial charge >= 0.3 is 0 Å². The molecular weight excluding hydrogens is 236 g/mol. The van der Waals surface area contributed by atoms with Crippen molar-refractivity contribution >= 4 is 0 Å². The summed E-state index contributed by atoms with van der Waals surface area (Å²) in [4.78, 5) is 4.38. The lowest BCUT2D eigenvalue weighted by Crippen LogP contribution is -2.35. The van der Waals surface area contributed by atoms with Crippen LogP contribution in [0.3, 0.4) is 0 Å². The van der Waals surface area contributed by atoms with Gasteiger partial charge in [0, 0.05) is 18.5 Å². The Kier molecular flexibility index (Phi) is 5.03. The second-order valence-electron chi connectivity index (χ2n) is 6.89. The van der Waals surface area contributed by atoms with Crippen molar-refractivity contribution in [3.63, 3.8) is 0 Å². The normalized spacial score (nSPS) is 18.5. The van der Waals surface area contributed by atoms with Crippen molar-refractivity contribution in [2.45, 2.75) is 77.8 Å². The summed E-state index contributed by atoms with van der Waals surface area (Å²) < 4.78 is 5.62. The van der Waals surface area contributed by atoms with Crippen LogP contribution >= 0.6 is 0 Å². The van der Waals surface area contributed by atoms with E-state index in [9.17, 15) is 0 Å². The van der Waals surface area contributed by atoms with Gasteiger partial charge in [0.2, 0.25) is 0 Å². The van der Waals surface area contributed by atoms with Gasteiger partial charge in [-0.15, -0.1) is 0 Å². The fourth-order valence-electron chi connectivity index (χ4n) is 2.78. The van der Waals surface area contributed by atoms with Crippen molar-refractivity contribution < 1.29 is 4.42 Å². The van der Waals surface area contributed by atoms with E-state index in [1.807, 2.05) is 0 Å². The molecule has 0 radical (unpaired) electrons. The first-order valence-corrected chi connectivity index (χ1v) is 7.71. The Hall–Kier alpha value is -0.830. The van der Waals surface area contributed by atoms with E-state index in [1.165, 1.54) is 38.5 Å². The zero-order valence-corrected chi connectivity index (χ0v) is 12.7. The number of aromatic nitrogens is 1. The molecule has 1 saturated carbocycles. The van der Waals surface area contributed by atoms with Crippen molar-refractivity contribution in [2.24, 2.45) is 5.92 Å². The van der Waals surface area contributed by atoms with Crippen molar-refractivity contribution in [3.05, 3.63) is 17.8 Å². The van der Waals surface area contributed by atoms with Crippen molar-refractivity contribution in [3.8, 4) is 0 Å². The number of nitrogens with zero attached hydrogens (tertiary/aromatic N) is 1. The highest BCUT2D eigenvalue weighted by molar-refractivity contribution is 5.08. The van der Waals surface area contributed by atoms with Crippen LogP contribution in [0.2, 0.25) is 0 Å². The number of oxazole rings is 1. The Morgan fingerprint density at radius 1 is 1.21 bits per heavy atom. The first-order chi connectivity index (χ1) is 9.04. The van der Waals surface area contributed by atoms with Crippen LogP contribution < -0.4 is 5.32 Å². The van der Waals surface area contributed by atoms with E-state index in [1.54, 1.807) is 6.39 Å². The molecule has 1 aromatic rings. The Bertz CT molecular complexity index is 370. The molecule has 3 heteroatoms. The number of hydrogen-bond donors (Lipinski definition) is 1. The molecule has 0 saturated heterocycles. The average molecular weight is 264 g/mol. The summed E-state index contributed by atoms with van der Waals surface area (Å²) in [6, 6.07) is 0. The summed E-state index contributed by atoms with van der Waals surface area (Å²) >= 11 is 0. The Labute approximate surface area is 117 Å². The van der Waals surface area contributed by atoms with Crippen molar-refractivity contribution in [1.82, 2.24) is 10.3 Å². The van der Waals surface area contributed by atoms with Crippen LogP contribution in [0.15, 0.2) is 10.8 Å². The summed E-state index contributed by atoms with van der Waals surface area (Å²) in [5, 5.41) is 3.49. The molecule has 19 heavy (non-hydrogen) atoms. The maximum Gasteiger partial charge on any atom is 0.181 e. The maximum atomic E-state index is 5.62. The molecule has 108 valence electrons. The van der Waals surface area contributed by atoms with Gasteiger partial charge in [-0.2, -0.15) is 0 Å². The average Bonchev–Trinajstić information content (AvgIpc) is 2.60. The van der Waals surface area contributed by atoms with E-state index < -0.39 is 0 Å². The van der Waals surface area contributed by atoms with Crippen LogP contribution in [0.4, 0.5) is 0 Å². The van der Waals surface area contributed by atoms with Crippen LogP contribution in [0.1, 0.15) is 70.8 Å². The van der Waals surface area contributed by atoms with Gasteiger partial charge in [0.1, 0.15) is 5.76 Å².